The van der Waals surface area contributed by atoms with Crippen LogP contribution in [0.25, 0.3) is 16.9 Å². The number of imidazole rings is 1. The molecule has 84 valence electrons. The van der Waals surface area contributed by atoms with Gasteiger partial charge in [-0.1, -0.05) is 23.7 Å². The van der Waals surface area contributed by atoms with Crippen molar-refractivity contribution in [3.05, 3.63) is 64.0 Å². The van der Waals surface area contributed by atoms with Crippen LogP contribution in [-0.2, 0) is 0 Å². The standard InChI is InChI=1S/C13H9ClN2O/c14-10-3-1-9(2-4-10)12-8-15-13-7-11(17)5-6-16(12)13/h1-8,15H. The van der Waals surface area contributed by atoms with E-state index in [4.69, 9.17) is 11.6 Å². The summed E-state index contributed by atoms with van der Waals surface area (Å²) in [7, 11) is 0. The molecule has 1 N–H and O–H groups in total. The third-order valence-electron chi connectivity index (χ3n) is 2.68. The SMILES string of the molecule is O=c1ccn2c(-c3ccc(Cl)cc3)c[nH]c2c1. The first kappa shape index (κ1) is 10.2. The maximum absolute atomic E-state index is 11.2. The molecule has 0 aliphatic rings. The van der Waals surface area contributed by atoms with Gasteiger partial charge in [-0.3, -0.25) is 4.79 Å². The van der Waals surface area contributed by atoms with Crippen LogP contribution < -0.4 is 5.43 Å². The monoisotopic (exact) mass is 244 g/mol. The number of pyridine rings is 1. The number of H-pyrrole nitrogens is 1. The van der Waals surface area contributed by atoms with Crippen molar-refractivity contribution < 1.29 is 0 Å². The van der Waals surface area contributed by atoms with E-state index in [-0.39, 0.29) is 5.43 Å². The quantitative estimate of drug-likeness (QED) is 0.702. The number of hydrogen-bond acceptors (Lipinski definition) is 1. The molecule has 0 bridgehead atoms. The maximum atomic E-state index is 11.2. The van der Waals surface area contributed by atoms with Gasteiger partial charge in [-0.2, -0.15) is 0 Å². The van der Waals surface area contributed by atoms with Gasteiger partial charge >= 0.3 is 0 Å². The number of benzene rings is 1. The van der Waals surface area contributed by atoms with Crippen LogP contribution in [0.1, 0.15) is 0 Å². The molecule has 0 aliphatic heterocycles. The number of fused-ring (bicyclic) bond motifs is 1. The Morgan fingerprint density at radius 3 is 2.65 bits per heavy atom. The van der Waals surface area contributed by atoms with Gasteiger partial charge in [0.2, 0.25) is 0 Å². The summed E-state index contributed by atoms with van der Waals surface area (Å²) in [5, 5.41) is 0.709. The molecule has 3 nitrogen and oxygen atoms in total. The molecule has 0 amide bonds. The number of halogens is 1. The lowest BCUT2D eigenvalue weighted by Crippen LogP contribution is -1.99. The first-order valence-electron chi connectivity index (χ1n) is 5.20. The summed E-state index contributed by atoms with van der Waals surface area (Å²) in [6, 6.07) is 10.7. The number of aromatic nitrogens is 2. The number of nitrogens with one attached hydrogen (secondary N) is 1. The highest BCUT2D eigenvalue weighted by molar-refractivity contribution is 6.30. The Labute approximate surface area is 102 Å². The van der Waals surface area contributed by atoms with E-state index in [9.17, 15) is 4.79 Å². The van der Waals surface area contributed by atoms with Crippen LogP contribution in [0.3, 0.4) is 0 Å². The summed E-state index contributed by atoms with van der Waals surface area (Å²) < 4.78 is 1.94. The molecule has 2 aromatic heterocycles. The Bertz CT molecular complexity index is 725. The molecule has 0 saturated heterocycles. The smallest absolute Gasteiger partial charge is 0.183 e. The highest BCUT2D eigenvalue weighted by Gasteiger charge is 2.04. The normalized spacial score (nSPS) is 10.9. The Kier molecular flexibility index (Phi) is 2.27. The van der Waals surface area contributed by atoms with Gasteiger partial charge in [0.25, 0.3) is 0 Å². The molecular formula is C13H9ClN2O. The van der Waals surface area contributed by atoms with Gasteiger partial charge in [-0.25, -0.2) is 0 Å². The van der Waals surface area contributed by atoms with Crippen molar-refractivity contribution in [1.29, 1.82) is 0 Å². The van der Waals surface area contributed by atoms with E-state index in [1.807, 2.05) is 34.9 Å². The van der Waals surface area contributed by atoms with Crippen molar-refractivity contribution in [2.45, 2.75) is 0 Å². The minimum Gasteiger partial charge on any atom is -0.346 e. The Morgan fingerprint density at radius 2 is 1.88 bits per heavy atom. The summed E-state index contributed by atoms with van der Waals surface area (Å²) in [5.41, 5.74) is 2.82. The molecule has 3 aromatic rings. The van der Waals surface area contributed by atoms with Gasteiger partial charge in [0, 0.05) is 35.1 Å². The lowest BCUT2D eigenvalue weighted by atomic mass is 10.2. The fourth-order valence-electron chi connectivity index (χ4n) is 1.86. The summed E-state index contributed by atoms with van der Waals surface area (Å²) in [5.74, 6) is 0. The first-order chi connectivity index (χ1) is 8.24. The molecule has 0 unspecified atom stereocenters. The van der Waals surface area contributed by atoms with Crippen LogP contribution in [-0.4, -0.2) is 9.38 Å². The number of rotatable bonds is 1. The molecular weight excluding hydrogens is 236 g/mol. The van der Waals surface area contributed by atoms with Crippen LogP contribution in [0.4, 0.5) is 0 Å². The second-order valence-electron chi connectivity index (χ2n) is 3.80. The lowest BCUT2D eigenvalue weighted by molar-refractivity contribution is 1.18. The molecule has 0 atom stereocenters. The molecule has 2 heterocycles. The average Bonchev–Trinajstić information content (AvgIpc) is 2.73. The summed E-state index contributed by atoms with van der Waals surface area (Å²) >= 11 is 5.86. The molecule has 1 aromatic carbocycles. The fourth-order valence-corrected chi connectivity index (χ4v) is 1.98. The summed E-state index contributed by atoms with van der Waals surface area (Å²) in [4.78, 5) is 14.3. The fraction of sp³-hybridized carbons (Fsp3) is 0. The molecule has 0 saturated carbocycles. The average molecular weight is 245 g/mol. The minimum absolute atomic E-state index is 0.00509. The predicted molar refractivity (Wildman–Crippen MR) is 68.5 cm³/mol. The van der Waals surface area contributed by atoms with Gasteiger partial charge < -0.3 is 9.38 Å². The van der Waals surface area contributed by atoms with Crippen LogP contribution in [0.5, 0.6) is 0 Å². The van der Waals surface area contributed by atoms with Gasteiger partial charge in [-0.15, -0.1) is 0 Å². The van der Waals surface area contributed by atoms with Crippen LogP contribution in [0, 0.1) is 0 Å². The first-order valence-corrected chi connectivity index (χ1v) is 5.57. The third-order valence-corrected chi connectivity index (χ3v) is 2.93. The third kappa shape index (κ3) is 1.74. The van der Waals surface area contributed by atoms with E-state index < -0.39 is 0 Å². The van der Waals surface area contributed by atoms with Gasteiger partial charge in [0.15, 0.2) is 5.43 Å². The van der Waals surface area contributed by atoms with Gasteiger partial charge in [0.05, 0.1) is 5.69 Å². The second kappa shape index (κ2) is 3.79. The molecule has 0 fully saturated rings. The maximum Gasteiger partial charge on any atom is 0.183 e. The zero-order chi connectivity index (χ0) is 11.8. The summed E-state index contributed by atoms with van der Waals surface area (Å²) in [6.45, 7) is 0. The lowest BCUT2D eigenvalue weighted by Gasteiger charge is -2.01. The predicted octanol–water partition coefficient (Wildman–Crippen LogP) is 2.95. The molecule has 0 radical (unpaired) electrons. The number of aromatic amines is 1. The van der Waals surface area contributed by atoms with E-state index in [2.05, 4.69) is 4.98 Å². The number of nitrogens with zero attached hydrogens (tertiary/aromatic N) is 1. The highest BCUT2D eigenvalue weighted by Crippen LogP contribution is 2.21. The van der Waals surface area contributed by atoms with Crippen molar-refractivity contribution in [3.8, 4) is 11.3 Å². The molecule has 17 heavy (non-hydrogen) atoms. The molecule has 3 rings (SSSR count). The molecule has 0 spiro atoms. The second-order valence-corrected chi connectivity index (χ2v) is 4.23. The van der Waals surface area contributed by atoms with Crippen molar-refractivity contribution in [2.75, 3.05) is 0 Å². The van der Waals surface area contributed by atoms with Crippen molar-refractivity contribution >= 4 is 17.2 Å². The minimum atomic E-state index is -0.00509. The van der Waals surface area contributed by atoms with Crippen LogP contribution in [0.15, 0.2) is 53.6 Å². The largest absolute Gasteiger partial charge is 0.346 e. The van der Waals surface area contributed by atoms with Crippen molar-refractivity contribution in [1.82, 2.24) is 9.38 Å². The van der Waals surface area contributed by atoms with E-state index in [0.717, 1.165) is 16.9 Å². The van der Waals surface area contributed by atoms with E-state index >= 15 is 0 Å². The molecule has 0 aliphatic carbocycles. The topological polar surface area (TPSA) is 37.3 Å². The Hall–Kier alpha value is -2.00. The molecule has 4 heteroatoms. The Balaban J connectivity index is 2.24. The van der Waals surface area contributed by atoms with E-state index in [1.165, 1.54) is 0 Å². The van der Waals surface area contributed by atoms with Crippen LogP contribution in [0.2, 0.25) is 5.02 Å². The Morgan fingerprint density at radius 1 is 1.12 bits per heavy atom. The zero-order valence-corrected chi connectivity index (χ0v) is 9.61. The van der Waals surface area contributed by atoms with Gasteiger partial charge in [-0.05, 0) is 12.1 Å². The van der Waals surface area contributed by atoms with E-state index in [0.29, 0.717) is 5.02 Å². The van der Waals surface area contributed by atoms with Gasteiger partial charge in [0.1, 0.15) is 5.65 Å². The zero-order valence-electron chi connectivity index (χ0n) is 8.85. The highest BCUT2D eigenvalue weighted by atomic mass is 35.5. The van der Waals surface area contributed by atoms with Crippen molar-refractivity contribution in [2.24, 2.45) is 0 Å². The number of hydrogen-bond donors (Lipinski definition) is 1. The van der Waals surface area contributed by atoms with Crippen molar-refractivity contribution in [3.63, 3.8) is 0 Å². The summed E-state index contributed by atoms with van der Waals surface area (Å²) in [6.07, 6.45) is 3.64. The van der Waals surface area contributed by atoms with Crippen LogP contribution >= 0.6 is 11.6 Å². The van der Waals surface area contributed by atoms with E-state index in [1.54, 1.807) is 18.3 Å².